The summed E-state index contributed by atoms with van der Waals surface area (Å²) >= 11 is 0. The summed E-state index contributed by atoms with van der Waals surface area (Å²) < 4.78 is 0. The molecule has 2 atom stereocenters. The van der Waals surface area contributed by atoms with E-state index in [1.807, 2.05) is 6.07 Å². The maximum atomic E-state index is 6.12. The molecule has 1 aliphatic heterocycles. The summed E-state index contributed by atoms with van der Waals surface area (Å²) in [6.45, 7) is 7.09. The third-order valence-electron chi connectivity index (χ3n) is 5.77. The molecule has 0 amide bonds. The normalized spacial score (nSPS) is 27.4. The van der Waals surface area contributed by atoms with E-state index >= 15 is 0 Å². The second-order valence-corrected chi connectivity index (χ2v) is 7.37. The Labute approximate surface area is 129 Å². The molecular weight excluding hydrogens is 256 g/mol. The number of benzene rings is 1. The molecule has 1 aliphatic carbocycles. The fourth-order valence-corrected chi connectivity index (χ4v) is 4.32. The number of fused-ring (bicyclic) bond motifs is 1. The van der Waals surface area contributed by atoms with Crippen molar-refractivity contribution >= 4 is 5.69 Å². The van der Waals surface area contributed by atoms with Gasteiger partial charge < -0.3 is 5.73 Å². The molecule has 1 heterocycles. The van der Waals surface area contributed by atoms with Gasteiger partial charge in [-0.05, 0) is 54.7 Å². The van der Waals surface area contributed by atoms with Crippen LogP contribution in [0.1, 0.15) is 57.1 Å². The van der Waals surface area contributed by atoms with Gasteiger partial charge in [-0.25, -0.2) is 0 Å². The minimum atomic E-state index is 0.795. The molecular formula is C19H30N2. The largest absolute Gasteiger partial charge is 0.398 e. The van der Waals surface area contributed by atoms with Gasteiger partial charge in [0.25, 0.3) is 0 Å². The average Bonchev–Trinajstić information content (AvgIpc) is 2.73. The monoisotopic (exact) mass is 286 g/mol. The lowest BCUT2D eigenvalue weighted by molar-refractivity contribution is 0.160. The van der Waals surface area contributed by atoms with Gasteiger partial charge in [0, 0.05) is 24.8 Å². The Bertz CT molecular complexity index is 480. The van der Waals surface area contributed by atoms with Crippen molar-refractivity contribution in [3.8, 4) is 0 Å². The minimum Gasteiger partial charge on any atom is -0.398 e. The molecule has 3 rings (SSSR count). The van der Waals surface area contributed by atoms with Gasteiger partial charge in [-0.15, -0.1) is 0 Å². The molecule has 0 saturated heterocycles. The molecule has 2 N–H and O–H groups in total. The van der Waals surface area contributed by atoms with Gasteiger partial charge in [-0.1, -0.05) is 38.8 Å². The zero-order valence-corrected chi connectivity index (χ0v) is 13.6. The maximum absolute atomic E-state index is 6.12. The quantitative estimate of drug-likeness (QED) is 0.651. The number of nitrogens with two attached hydrogens (primary N) is 1. The van der Waals surface area contributed by atoms with Crippen LogP contribution in [0.5, 0.6) is 0 Å². The van der Waals surface area contributed by atoms with Crippen LogP contribution in [0.15, 0.2) is 18.2 Å². The number of hydrogen-bond acceptors (Lipinski definition) is 2. The number of hydrogen-bond donors (Lipinski definition) is 1. The number of rotatable bonds is 2. The van der Waals surface area contributed by atoms with E-state index < -0.39 is 0 Å². The van der Waals surface area contributed by atoms with E-state index in [1.165, 1.54) is 49.8 Å². The molecule has 2 nitrogen and oxygen atoms in total. The van der Waals surface area contributed by atoms with Crippen LogP contribution in [0.4, 0.5) is 5.69 Å². The van der Waals surface area contributed by atoms with E-state index in [0.717, 1.165) is 36.5 Å². The van der Waals surface area contributed by atoms with Crippen LogP contribution in [0.25, 0.3) is 0 Å². The molecule has 0 bridgehead atoms. The van der Waals surface area contributed by atoms with E-state index in [-0.39, 0.29) is 0 Å². The topological polar surface area (TPSA) is 29.3 Å². The molecule has 2 aliphatic rings. The van der Waals surface area contributed by atoms with Crippen molar-refractivity contribution in [3.63, 3.8) is 0 Å². The fourth-order valence-electron chi connectivity index (χ4n) is 4.32. The number of nitrogens with zero attached hydrogens (tertiary/aromatic N) is 1. The third kappa shape index (κ3) is 3.26. The van der Waals surface area contributed by atoms with E-state index in [0.29, 0.717) is 0 Å². The van der Waals surface area contributed by atoms with Gasteiger partial charge >= 0.3 is 0 Å². The third-order valence-corrected chi connectivity index (χ3v) is 5.77. The zero-order valence-electron chi connectivity index (χ0n) is 13.6. The van der Waals surface area contributed by atoms with Gasteiger partial charge in [-0.3, -0.25) is 4.90 Å². The number of nitrogen functional groups attached to an aromatic ring is 1. The molecule has 0 radical (unpaired) electrons. The zero-order chi connectivity index (χ0) is 14.8. The lowest BCUT2D eigenvalue weighted by atomic mass is 9.89. The highest BCUT2D eigenvalue weighted by molar-refractivity contribution is 5.51. The average molecular weight is 286 g/mol. The van der Waals surface area contributed by atoms with Crippen LogP contribution < -0.4 is 5.73 Å². The van der Waals surface area contributed by atoms with Crippen molar-refractivity contribution in [2.75, 3.05) is 12.3 Å². The molecule has 116 valence electrons. The first-order valence-corrected chi connectivity index (χ1v) is 8.75. The van der Waals surface area contributed by atoms with E-state index in [9.17, 15) is 0 Å². The molecule has 1 aromatic rings. The van der Waals surface area contributed by atoms with Gasteiger partial charge in [0.1, 0.15) is 0 Å². The predicted molar refractivity (Wildman–Crippen MR) is 90.2 cm³/mol. The van der Waals surface area contributed by atoms with E-state index in [2.05, 4.69) is 30.9 Å². The van der Waals surface area contributed by atoms with Crippen molar-refractivity contribution < 1.29 is 0 Å². The highest BCUT2D eigenvalue weighted by Gasteiger charge is 2.27. The van der Waals surface area contributed by atoms with Gasteiger partial charge in [-0.2, -0.15) is 0 Å². The molecule has 2 heteroatoms. The molecule has 21 heavy (non-hydrogen) atoms. The van der Waals surface area contributed by atoms with Crippen LogP contribution in [-0.2, 0) is 13.0 Å². The molecule has 1 fully saturated rings. The van der Waals surface area contributed by atoms with Crippen molar-refractivity contribution in [2.45, 2.75) is 65.0 Å². The Hall–Kier alpha value is -1.02. The summed E-state index contributed by atoms with van der Waals surface area (Å²) in [5.41, 5.74) is 9.99. The molecule has 0 aromatic heterocycles. The summed E-state index contributed by atoms with van der Waals surface area (Å²) in [6, 6.07) is 7.22. The first kappa shape index (κ1) is 14.9. The second-order valence-electron chi connectivity index (χ2n) is 7.37. The SMILES string of the molecule is CC(C)C1CCCC(N2CCc3c(N)cccc3C2)CC1. The summed E-state index contributed by atoms with van der Waals surface area (Å²) in [5.74, 6) is 1.80. The maximum Gasteiger partial charge on any atom is 0.0350 e. The van der Waals surface area contributed by atoms with Crippen LogP contribution in [0.3, 0.4) is 0 Å². The smallest absolute Gasteiger partial charge is 0.0350 e. The second kappa shape index (κ2) is 6.39. The summed E-state index contributed by atoms with van der Waals surface area (Å²) in [6.07, 6.45) is 8.18. The highest BCUT2D eigenvalue weighted by atomic mass is 15.2. The van der Waals surface area contributed by atoms with Crippen molar-refractivity contribution in [1.82, 2.24) is 4.90 Å². The summed E-state index contributed by atoms with van der Waals surface area (Å²) in [7, 11) is 0. The molecule has 1 saturated carbocycles. The molecule has 2 unspecified atom stereocenters. The van der Waals surface area contributed by atoms with Gasteiger partial charge in [0.2, 0.25) is 0 Å². The fraction of sp³-hybridized carbons (Fsp3) is 0.684. The van der Waals surface area contributed by atoms with Gasteiger partial charge in [0.05, 0.1) is 0 Å². The van der Waals surface area contributed by atoms with E-state index in [1.54, 1.807) is 0 Å². The summed E-state index contributed by atoms with van der Waals surface area (Å²) in [5, 5.41) is 0. The van der Waals surface area contributed by atoms with Crippen molar-refractivity contribution in [2.24, 2.45) is 11.8 Å². The van der Waals surface area contributed by atoms with Crippen molar-refractivity contribution in [3.05, 3.63) is 29.3 Å². The van der Waals surface area contributed by atoms with Crippen LogP contribution in [0.2, 0.25) is 0 Å². The molecule has 0 spiro atoms. The first-order chi connectivity index (χ1) is 10.1. The number of anilines is 1. The Morgan fingerprint density at radius 3 is 2.81 bits per heavy atom. The Kier molecular flexibility index (Phi) is 4.54. The predicted octanol–water partition coefficient (Wildman–Crippen LogP) is 4.23. The first-order valence-electron chi connectivity index (χ1n) is 8.75. The van der Waals surface area contributed by atoms with Crippen molar-refractivity contribution in [1.29, 1.82) is 0 Å². The standard InChI is InChI=1S/C19H30N2/c1-14(2)15-5-3-7-17(10-9-15)21-12-11-18-16(13-21)6-4-8-19(18)20/h4,6,8,14-15,17H,3,5,7,9-13,20H2,1-2H3. The van der Waals surface area contributed by atoms with Gasteiger partial charge in [0.15, 0.2) is 0 Å². The van der Waals surface area contributed by atoms with E-state index in [4.69, 9.17) is 5.73 Å². The lowest BCUT2D eigenvalue weighted by Gasteiger charge is -2.35. The lowest BCUT2D eigenvalue weighted by Crippen LogP contribution is -2.39. The van der Waals surface area contributed by atoms with Crippen LogP contribution in [0, 0.1) is 11.8 Å². The Morgan fingerprint density at radius 2 is 2.00 bits per heavy atom. The molecule has 1 aromatic carbocycles. The minimum absolute atomic E-state index is 0.795. The van der Waals surface area contributed by atoms with Crippen LogP contribution >= 0.6 is 0 Å². The highest BCUT2D eigenvalue weighted by Crippen LogP contribution is 2.33. The Balaban J connectivity index is 1.66. The summed E-state index contributed by atoms with van der Waals surface area (Å²) in [4.78, 5) is 2.73. The Morgan fingerprint density at radius 1 is 1.14 bits per heavy atom. The van der Waals surface area contributed by atoms with Crippen LogP contribution in [-0.4, -0.2) is 17.5 Å².